The molecule has 1 nitrogen and oxygen atoms in total. The number of unbranched alkanes of at least 4 members (excludes halogenated alkanes) is 3. The van der Waals surface area contributed by atoms with Gasteiger partial charge in [-0.1, -0.05) is 32.3 Å². The molecule has 0 radical (unpaired) electrons. The van der Waals surface area contributed by atoms with Gasteiger partial charge in [-0.3, -0.25) is 0 Å². The molecule has 0 heterocycles. The maximum absolute atomic E-state index is 4.62. The largest absolute Gasteiger partial charge is 0.416 e. The van der Waals surface area contributed by atoms with Crippen LogP contribution >= 0.6 is 0 Å². The van der Waals surface area contributed by atoms with Gasteiger partial charge in [0.2, 0.25) is 0 Å². The Morgan fingerprint density at radius 2 is 2.30 bits per heavy atom. The zero-order chi connectivity index (χ0) is 7.66. The maximum Gasteiger partial charge on any atom is 0.115 e. The Morgan fingerprint density at radius 3 is 2.90 bits per heavy atom. The molecule has 0 unspecified atom stereocenters. The van der Waals surface area contributed by atoms with Crippen molar-refractivity contribution in [3.63, 3.8) is 0 Å². The van der Waals surface area contributed by atoms with Crippen LogP contribution in [0.25, 0.3) is 0 Å². The van der Waals surface area contributed by atoms with Crippen molar-refractivity contribution in [1.29, 1.82) is 0 Å². The van der Waals surface area contributed by atoms with Gasteiger partial charge in [0.05, 0.1) is 6.26 Å². The van der Waals surface area contributed by atoms with Gasteiger partial charge < -0.3 is 4.74 Å². The summed E-state index contributed by atoms with van der Waals surface area (Å²) < 4.78 is 4.62. The molecule has 0 aliphatic carbocycles. The van der Waals surface area contributed by atoms with Gasteiger partial charge in [0.25, 0.3) is 0 Å². The number of rotatable bonds is 4. The molecule has 0 aromatic rings. The summed E-state index contributed by atoms with van der Waals surface area (Å²) in [6.45, 7) is 5.54. The molecule has 0 aliphatic heterocycles. The van der Waals surface area contributed by atoms with E-state index in [1.54, 1.807) is 0 Å². The molecule has 10 heavy (non-hydrogen) atoms. The van der Waals surface area contributed by atoms with Gasteiger partial charge in [-0.25, -0.2) is 0 Å². The van der Waals surface area contributed by atoms with Crippen LogP contribution in [0.2, 0.25) is 0 Å². The normalized spacial score (nSPS) is 7.70. The van der Waals surface area contributed by atoms with Crippen molar-refractivity contribution < 1.29 is 4.74 Å². The first-order chi connectivity index (χ1) is 4.91. The first-order valence-corrected chi connectivity index (χ1v) is 3.66. The van der Waals surface area contributed by atoms with Crippen LogP contribution in [0.3, 0.4) is 0 Å². The smallest absolute Gasteiger partial charge is 0.115 e. The quantitative estimate of drug-likeness (QED) is 0.329. The van der Waals surface area contributed by atoms with Gasteiger partial charge in [-0.15, -0.1) is 0 Å². The summed E-state index contributed by atoms with van der Waals surface area (Å²) in [5.74, 6) is 2.88. The van der Waals surface area contributed by atoms with Gasteiger partial charge in [-0.2, -0.15) is 0 Å². The van der Waals surface area contributed by atoms with E-state index in [1.807, 2.05) is 0 Å². The second-order valence-electron chi connectivity index (χ2n) is 2.02. The van der Waals surface area contributed by atoms with Crippen LogP contribution in [0.4, 0.5) is 0 Å². The van der Waals surface area contributed by atoms with E-state index < -0.39 is 0 Å². The van der Waals surface area contributed by atoms with Crippen LogP contribution in [-0.2, 0) is 4.74 Å². The van der Waals surface area contributed by atoms with Crippen molar-refractivity contribution in [2.75, 3.05) is 0 Å². The zero-order valence-electron chi connectivity index (χ0n) is 6.52. The van der Waals surface area contributed by atoms with Crippen molar-refractivity contribution in [2.24, 2.45) is 0 Å². The van der Waals surface area contributed by atoms with Crippen LogP contribution in [0, 0.1) is 12.0 Å². The third-order valence-corrected chi connectivity index (χ3v) is 1.12. The molecular formula is C9H14O. The predicted octanol–water partition coefficient (Wildman–Crippen LogP) is 2.69. The minimum atomic E-state index is 0.932. The van der Waals surface area contributed by atoms with Gasteiger partial charge in [0, 0.05) is 6.42 Å². The summed E-state index contributed by atoms with van der Waals surface area (Å²) in [7, 11) is 0. The lowest BCUT2D eigenvalue weighted by Gasteiger charge is -1.87. The summed E-state index contributed by atoms with van der Waals surface area (Å²) in [5.41, 5.74) is 0. The average Bonchev–Trinajstić information content (AvgIpc) is 1.97. The SMILES string of the molecule is C=COC#CCCCCC. The summed E-state index contributed by atoms with van der Waals surface area (Å²) in [4.78, 5) is 0. The van der Waals surface area contributed by atoms with Gasteiger partial charge >= 0.3 is 0 Å². The molecular weight excluding hydrogens is 124 g/mol. The van der Waals surface area contributed by atoms with Crippen LogP contribution in [-0.4, -0.2) is 0 Å². The zero-order valence-corrected chi connectivity index (χ0v) is 6.52. The Hall–Kier alpha value is -0.900. The van der Waals surface area contributed by atoms with E-state index in [2.05, 4.69) is 30.3 Å². The van der Waals surface area contributed by atoms with Crippen molar-refractivity contribution in [1.82, 2.24) is 0 Å². The predicted molar refractivity (Wildman–Crippen MR) is 43.2 cm³/mol. The van der Waals surface area contributed by atoms with Crippen LogP contribution in [0.5, 0.6) is 0 Å². The topological polar surface area (TPSA) is 9.23 Å². The number of hydrogen-bond donors (Lipinski definition) is 0. The third kappa shape index (κ3) is 7.10. The monoisotopic (exact) mass is 138 g/mol. The minimum absolute atomic E-state index is 0.932. The first-order valence-electron chi connectivity index (χ1n) is 3.66. The molecule has 0 aromatic carbocycles. The van der Waals surface area contributed by atoms with E-state index in [4.69, 9.17) is 0 Å². The van der Waals surface area contributed by atoms with Crippen molar-refractivity contribution in [3.05, 3.63) is 12.8 Å². The minimum Gasteiger partial charge on any atom is -0.416 e. The van der Waals surface area contributed by atoms with E-state index in [1.165, 1.54) is 25.5 Å². The Bertz CT molecular complexity index is 127. The highest BCUT2D eigenvalue weighted by molar-refractivity contribution is 4.92. The van der Waals surface area contributed by atoms with Crippen LogP contribution in [0.1, 0.15) is 32.6 Å². The average molecular weight is 138 g/mol. The van der Waals surface area contributed by atoms with Crippen molar-refractivity contribution >= 4 is 0 Å². The molecule has 0 amide bonds. The first kappa shape index (κ1) is 9.10. The fourth-order valence-electron chi connectivity index (χ4n) is 0.598. The Kier molecular flexibility index (Phi) is 7.37. The highest BCUT2D eigenvalue weighted by Crippen LogP contribution is 1.96. The summed E-state index contributed by atoms with van der Waals surface area (Å²) in [6.07, 6.45) is 8.46. The van der Waals surface area contributed by atoms with Gasteiger partial charge in [-0.05, 0) is 6.42 Å². The molecule has 0 spiro atoms. The molecule has 0 atom stereocenters. The molecule has 0 saturated carbocycles. The molecule has 0 aromatic heterocycles. The van der Waals surface area contributed by atoms with Crippen molar-refractivity contribution in [3.8, 4) is 12.0 Å². The summed E-state index contributed by atoms with van der Waals surface area (Å²) in [5, 5.41) is 0. The molecule has 0 rings (SSSR count). The lowest BCUT2D eigenvalue weighted by molar-refractivity contribution is 0.441. The highest BCUT2D eigenvalue weighted by atomic mass is 16.5. The van der Waals surface area contributed by atoms with E-state index in [9.17, 15) is 0 Å². The molecule has 1 heteroatoms. The maximum atomic E-state index is 4.62. The lowest BCUT2D eigenvalue weighted by atomic mass is 10.2. The van der Waals surface area contributed by atoms with E-state index >= 15 is 0 Å². The Labute approximate surface area is 63.1 Å². The lowest BCUT2D eigenvalue weighted by Crippen LogP contribution is -1.71. The fraction of sp³-hybridized carbons (Fsp3) is 0.556. The van der Waals surface area contributed by atoms with Gasteiger partial charge in [0.1, 0.15) is 6.11 Å². The van der Waals surface area contributed by atoms with E-state index in [-0.39, 0.29) is 0 Å². The van der Waals surface area contributed by atoms with Gasteiger partial charge in [0.15, 0.2) is 0 Å². The van der Waals surface area contributed by atoms with E-state index in [0.717, 1.165) is 6.42 Å². The summed E-state index contributed by atoms with van der Waals surface area (Å²) in [6, 6.07) is 0. The van der Waals surface area contributed by atoms with Crippen LogP contribution < -0.4 is 0 Å². The molecule has 0 saturated heterocycles. The Morgan fingerprint density at radius 1 is 1.50 bits per heavy atom. The molecule has 0 N–H and O–H groups in total. The number of ether oxygens (including phenoxy) is 1. The fourth-order valence-corrected chi connectivity index (χ4v) is 0.598. The number of hydrogen-bond acceptors (Lipinski definition) is 1. The van der Waals surface area contributed by atoms with Crippen molar-refractivity contribution in [2.45, 2.75) is 32.6 Å². The highest BCUT2D eigenvalue weighted by Gasteiger charge is 1.79. The molecule has 0 aliphatic rings. The van der Waals surface area contributed by atoms with Crippen LogP contribution in [0.15, 0.2) is 12.8 Å². The van der Waals surface area contributed by atoms with E-state index in [0.29, 0.717) is 0 Å². The summed E-state index contributed by atoms with van der Waals surface area (Å²) >= 11 is 0. The Balaban J connectivity index is 3.03. The molecule has 56 valence electrons. The standard InChI is InChI=1S/C9H14O/c1-3-5-6-7-8-9-10-4-2/h4H,2-3,5-7H2,1H3. The molecule has 0 bridgehead atoms. The second-order valence-corrected chi connectivity index (χ2v) is 2.02. The molecule has 0 fully saturated rings. The second kappa shape index (κ2) is 8.10. The third-order valence-electron chi connectivity index (χ3n) is 1.12.